The van der Waals surface area contributed by atoms with Gasteiger partial charge in [-0.2, -0.15) is 0 Å². The van der Waals surface area contributed by atoms with Gasteiger partial charge in [-0.3, -0.25) is 4.72 Å². The van der Waals surface area contributed by atoms with Crippen LogP contribution in [-0.4, -0.2) is 8.42 Å². The highest BCUT2D eigenvalue weighted by Gasteiger charge is 2.07. The summed E-state index contributed by atoms with van der Waals surface area (Å²) in [5, 5.41) is 2.27. The van der Waals surface area contributed by atoms with Crippen molar-refractivity contribution in [3.05, 3.63) is 68.5 Å². The Morgan fingerprint density at radius 3 is 2.19 bits per heavy atom. The lowest BCUT2D eigenvalue weighted by Crippen LogP contribution is -2.08. The van der Waals surface area contributed by atoms with Crippen LogP contribution in [0.2, 0.25) is 15.1 Å². The molecule has 21 heavy (non-hydrogen) atoms. The summed E-state index contributed by atoms with van der Waals surface area (Å²) in [5.74, 6) is 0. The average molecular weight is 363 g/mol. The zero-order valence-corrected chi connectivity index (χ0v) is 13.6. The molecule has 0 aliphatic carbocycles. The maximum Gasteiger partial charge on any atom is 0.255 e. The normalized spacial score (nSPS) is 11.8. The summed E-state index contributed by atoms with van der Waals surface area (Å²) >= 11 is 17.5. The third-order valence-electron chi connectivity index (χ3n) is 2.41. The molecule has 2 aromatic rings. The van der Waals surface area contributed by atoms with Crippen molar-refractivity contribution in [2.75, 3.05) is 4.72 Å². The van der Waals surface area contributed by atoms with E-state index in [4.69, 9.17) is 34.8 Å². The highest BCUT2D eigenvalue weighted by molar-refractivity contribution is 7.95. The summed E-state index contributed by atoms with van der Waals surface area (Å²) in [7, 11) is -3.67. The van der Waals surface area contributed by atoms with Crippen molar-refractivity contribution >= 4 is 56.6 Å². The standard InChI is InChI=1S/C14H10Cl3NO2S/c15-11-3-1-2-10(6-11)4-5-21(19,20)18-14-8-12(16)7-13(17)9-14/h1-9,18H/b5-4+. The molecule has 110 valence electrons. The van der Waals surface area contributed by atoms with Gasteiger partial charge in [-0.15, -0.1) is 0 Å². The lowest BCUT2D eigenvalue weighted by atomic mass is 10.2. The molecule has 0 spiro atoms. The molecule has 0 saturated carbocycles. The molecule has 0 radical (unpaired) electrons. The fourth-order valence-electron chi connectivity index (χ4n) is 1.59. The van der Waals surface area contributed by atoms with Crippen LogP contribution >= 0.6 is 34.8 Å². The first-order chi connectivity index (χ1) is 9.84. The van der Waals surface area contributed by atoms with Crippen LogP contribution in [0.1, 0.15) is 5.56 Å². The molecule has 0 bridgehead atoms. The van der Waals surface area contributed by atoms with Crippen molar-refractivity contribution in [2.45, 2.75) is 0 Å². The number of halogens is 3. The van der Waals surface area contributed by atoms with E-state index in [1.807, 2.05) is 0 Å². The monoisotopic (exact) mass is 361 g/mol. The van der Waals surface area contributed by atoms with E-state index in [0.29, 0.717) is 26.3 Å². The Labute approximate surface area is 138 Å². The zero-order chi connectivity index (χ0) is 15.5. The van der Waals surface area contributed by atoms with Crippen molar-refractivity contribution in [3.63, 3.8) is 0 Å². The van der Waals surface area contributed by atoms with Gasteiger partial charge in [0.25, 0.3) is 10.0 Å². The van der Waals surface area contributed by atoms with Crippen molar-refractivity contribution in [3.8, 4) is 0 Å². The van der Waals surface area contributed by atoms with E-state index >= 15 is 0 Å². The van der Waals surface area contributed by atoms with Crippen LogP contribution in [0, 0.1) is 0 Å². The third kappa shape index (κ3) is 5.25. The molecule has 0 unspecified atom stereocenters. The van der Waals surface area contributed by atoms with Gasteiger partial charge in [0.15, 0.2) is 0 Å². The topological polar surface area (TPSA) is 46.2 Å². The Hall–Kier alpha value is -1.20. The Balaban J connectivity index is 2.18. The average Bonchev–Trinajstić information content (AvgIpc) is 2.35. The van der Waals surface area contributed by atoms with Gasteiger partial charge >= 0.3 is 0 Å². The van der Waals surface area contributed by atoms with E-state index in [1.54, 1.807) is 24.3 Å². The van der Waals surface area contributed by atoms with Crippen molar-refractivity contribution in [1.82, 2.24) is 0 Å². The summed E-state index contributed by atoms with van der Waals surface area (Å²) < 4.78 is 26.3. The molecule has 0 heterocycles. The molecular weight excluding hydrogens is 353 g/mol. The number of anilines is 1. The fourth-order valence-corrected chi connectivity index (χ4v) is 3.16. The Morgan fingerprint density at radius 1 is 0.905 bits per heavy atom. The van der Waals surface area contributed by atoms with Gasteiger partial charge in [-0.05, 0) is 42.0 Å². The zero-order valence-electron chi connectivity index (χ0n) is 10.6. The van der Waals surface area contributed by atoms with Crippen LogP contribution < -0.4 is 4.72 Å². The number of nitrogens with one attached hydrogen (secondary N) is 1. The second-order valence-electron chi connectivity index (χ2n) is 4.16. The SMILES string of the molecule is O=S(=O)(/C=C/c1cccc(Cl)c1)Nc1cc(Cl)cc(Cl)c1. The first kappa shape index (κ1) is 16.2. The van der Waals surface area contributed by atoms with Crippen LogP contribution in [0.5, 0.6) is 0 Å². The fraction of sp³-hybridized carbons (Fsp3) is 0. The second-order valence-corrected chi connectivity index (χ2v) is 7.04. The minimum absolute atomic E-state index is 0.295. The molecule has 0 aliphatic rings. The first-order valence-corrected chi connectivity index (χ1v) is 8.45. The molecule has 0 atom stereocenters. The second kappa shape index (κ2) is 6.71. The summed E-state index contributed by atoms with van der Waals surface area (Å²) in [5.41, 5.74) is 0.972. The first-order valence-electron chi connectivity index (χ1n) is 5.77. The maximum absolute atomic E-state index is 12.0. The summed E-state index contributed by atoms with van der Waals surface area (Å²) in [4.78, 5) is 0. The molecule has 0 aliphatic heterocycles. The van der Waals surface area contributed by atoms with E-state index < -0.39 is 10.0 Å². The van der Waals surface area contributed by atoms with Gasteiger partial charge in [-0.1, -0.05) is 46.9 Å². The number of hydrogen-bond acceptors (Lipinski definition) is 2. The quantitative estimate of drug-likeness (QED) is 0.826. The van der Waals surface area contributed by atoms with E-state index in [1.165, 1.54) is 24.3 Å². The lowest BCUT2D eigenvalue weighted by Gasteiger charge is -2.05. The highest BCUT2D eigenvalue weighted by Crippen LogP contribution is 2.23. The molecule has 1 N–H and O–H groups in total. The van der Waals surface area contributed by atoms with Crippen LogP contribution in [-0.2, 0) is 10.0 Å². The summed E-state index contributed by atoms with van der Waals surface area (Å²) in [6.45, 7) is 0. The molecule has 0 fully saturated rings. The molecular formula is C14H10Cl3NO2S. The predicted octanol–water partition coefficient (Wildman–Crippen LogP) is 5.06. The number of sulfonamides is 1. The van der Waals surface area contributed by atoms with Crippen LogP contribution in [0.15, 0.2) is 47.9 Å². The Bertz CT molecular complexity index is 768. The maximum atomic E-state index is 12.0. The number of rotatable bonds is 4. The predicted molar refractivity (Wildman–Crippen MR) is 89.5 cm³/mol. The van der Waals surface area contributed by atoms with Gasteiger partial charge in [-0.25, -0.2) is 8.42 Å². The molecule has 0 amide bonds. The lowest BCUT2D eigenvalue weighted by molar-refractivity contribution is 0.609. The summed E-state index contributed by atoms with van der Waals surface area (Å²) in [6, 6.07) is 11.3. The van der Waals surface area contributed by atoms with Gasteiger partial charge < -0.3 is 0 Å². The number of benzene rings is 2. The van der Waals surface area contributed by atoms with Crippen LogP contribution in [0.25, 0.3) is 6.08 Å². The molecule has 3 nitrogen and oxygen atoms in total. The van der Waals surface area contributed by atoms with E-state index in [0.717, 1.165) is 5.41 Å². The van der Waals surface area contributed by atoms with Gasteiger partial charge in [0, 0.05) is 15.1 Å². The molecule has 2 aromatic carbocycles. The smallest absolute Gasteiger partial charge is 0.255 e. The van der Waals surface area contributed by atoms with Crippen molar-refractivity contribution in [2.24, 2.45) is 0 Å². The Kier molecular flexibility index (Phi) is 5.17. The van der Waals surface area contributed by atoms with Gasteiger partial charge in [0.05, 0.1) is 11.1 Å². The minimum Gasteiger partial charge on any atom is -0.280 e. The molecule has 0 aromatic heterocycles. The van der Waals surface area contributed by atoms with Crippen molar-refractivity contribution in [1.29, 1.82) is 0 Å². The van der Waals surface area contributed by atoms with E-state index in [2.05, 4.69) is 4.72 Å². The summed E-state index contributed by atoms with van der Waals surface area (Å²) in [6.07, 6.45) is 1.44. The van der Waals surface area contributed by atoms with E-state index in [9.17, 15) is 8.42 Å². The molecule has 0 saturated heterocycles. The largest absolute Gasteiger partial charge is 0.280 e. The van der Waals surface area contributed by atoms with Gasteiger partial charge in [0.1, 0.15) is 0 Å². The van der Waals surface area contributed by atoms with Crippen LogP contribution in [0.3, 0.4) is 0 Å². The van der Waals surface area contributed by atoms with Crippen LogP contribution in [0.4, 0.5) is 5.69 Å². The third-order valence-corrected chi connectivity index (χ3v) is 4.10. The Morgan fingerprint density at radius 2 is 1.57 bits per heavy atom. The van der Waals surface area contributed by atoms with E-state index in [-0.39, 0.29) is 0 Å². The minimum atomic E-state index is -3.67. The molecule has 2 rings (SSSR count). The molecule has 7 heteroatoms. The van der Waals surface area contributed by atoms with Crippen molar-refractivity contribution < 1.29 is 8.42 Å². The highest BCUT2D eigenvalue weighted by atomic mass is 35.5. The number of hydrogen-bond donors (Lipinski definition) is 1. The van der Waals surface area contributed by atoms with Gasteiger partial charge in [0.2, 0.25) is 0 Å².